The van der Waals surface area contributed by atoms with Crippen molar-refractivity contribution in [3.8, 4) is 0 Å². The van der Waals surface area contributed by atoms with Crippen LogP contribution in [0, 0.1) is 0 Å². The number of hydrogen-bond donors (Lipinski definition) is 2. The van der Waals surface area contributed by atoms with Crippen molar-refractivity contribution >= 4 is 42.3 Å². The normalized spacial score (nSPS) is 10.3. The highest BCUT2D eigenvalue weighted by atomic mass is 32.3. The van der Waals surface area contributed by atoms with Gasteiger partial charge in [0.25, 0.3) is 0 Å². The van der Waals surface area contributed by atoms with Gasteiger partial charge in [0.1, 0.15) is 0 Å². The van der Waals surface area contributed by atoms with Crippen LogP contribution in [0.4, 0.5) is 0 Å². The number of thiol groups is 2. The Balaban J connectivity index is 4.31. The van der Waals surface area contributed by atoms with Crippen LogP contribution in [-0.2, 0) is 26.9 Å². The molecule has 0 saturated carbocycles. The molecule has 0 aromatic carbocycles. The first-order valence-electron chi connectivity index (χ1n) is 4.56. The zero-order valence-corrected chi connectivity index (χ0v) is 10.8. The number of hydrogen-bond acceptors (Lipinski definition) is 7. The predicted molar refractivity (Wildman–Crippen MR) is 61.7 cm³/mol. The van der Waals surface area contributed by atoms with Gasteiger partial charge in [-0.1, -0.05) is 13.8 Å². The molecule has 0 amide bonds. The van der Waals surface area contributed by atoms with Gasteiger partial charge in [0.2, 0.25) is 11.7 Å². The lowest BCUT2D eigenvalue weighted by molar-refractivity contribution is -0.139. The summed E-state index contributed by atoms with van der Waals surface area (Å²) in [5.41, 5.74) is 0. The quantitative estimate of drug-likeness (QED) is 0.704. The fraction of sp³-hybridized carbons (Fsp3) is 0.625. The lowest BCUT2D eigenvalue weighted by atomic mass is 10.5. The van der Waals surface area contributed by atoms with Crippen molar-refractivity contribution < 1.29 is 26.9 Å². The van der Waals surface area contributed by atoms with Crippen molar-refractivity contribution in [2.45, 2.75) is 26.7 Å². The molecule has 0 atom stereocenters. The smallest absolute Gasteiger partial charge is 0.331 e. The van der Waals surface area contributed by atoms with Crippen LogP contribution in [0.5, 0.6) is 0 Å². The van der Waals surface area contributed by atoms with E-state index in [9.17, 15) is 14.4 Å². The van der Waals surface area contributed by atoms with Gasteiger partial charge in [-0.05, 0) is 0 Å². The molecule has 16 heavy (non-hydrogen) atoms. The largest absolute Gasteiger partial charge is 0.352 e. The third kappa shape index (κ3) is 6.57. The highest BCUT2D eigenvalue weighted by Gasteiger charge is 2.17. The first-order valence-corrected chi connectivity index (χ1v) is 6.29. The summed E-state index contributed by atoms with van der Waals surface area (Å²) in [5, 5.41) is 0. The Morgan fingerprint density at radius 1 is 0.938 bits per heavy atom. The van der Waals surface area contributed by atoms with E-state index in [2.05, 4.69) is 25.2 Å². The molecular formula is C8H14O6S2. The second kappa shape index (κ2) is 8.28. The van der Waals surface area contributed by atoms with Gasteiger partial charge in [0.05, 0.1) is 5.75 Å². The Hall–Kier alpha value is -0.890. The Labute approximate surface area is 102 Å². The Morgan fingerprint density at radius 2 is 1.31 bits per heavy atom. The van der Waals surface area contributed by atoms with Gasteiger partial charge in [0, 0.05) is 12.8 Å². The number of rotatable bonds is 6. The average molecular weight is 270 g/mol. The molecule has 0 spiro atoms. The summed E-state index contributed by atoms with van der Waals surface area (Å²) in [5.74, 6) is -2.13. The predicted octanol–water partition coefficient (Wildman–Crippen LogP) is 1.11. The molecule has 0 rings (SSSR count). The van der Waals surface area contributed by atoms with E-state index in [0.29, 0.717) is 0 Å². The monoisotopic (exact) mass is 270 g/mol. The summed E-state index contributed by atoms with van der Waals surface area (Å²) in [7, 11) is 0. The topological polar surface area (TPSA) is 78.9 Å². The van der Waals surface area contributed by atoms with Gasteiger partial charge < -0.3 is 12.5 Å². The molecule has 6 nitrogen and oxygen atoms in total. The Kier molecular flexibility index (Phi) is 7.82. The molecular weight excluding hydrogens is 256 g/mol. The van der Waals surface area contributed by atoms with E-state index in [0.717, 1.165) is 0 Å². The molecule has 0 radical (unpaired) electrons. The molecule has 0 aliphatic carbocycles. The van der Waals surface area contributed by atoms with Gasteiger partial charge in [-0.3, -0.25) is 14.4 Å². The van der Waals surface area contributed by atoms with Crippen LogP contribution in [0.2, 0.25) is 0 Å². The molecule has 0 fully saturated rings. The third-order valence-corrected chi connectivity index (χ3v) is 2.55. The summed E-state index contributed by atoms with van der Waals surface area (Å²) in [6.45, 7) is 3.13. The fourth-order valence-electron chi connectivity index (χ4n) is 0.463. The molecule has 8 heteroatoms. The van der Waals surface area contributed by atoms with Crippen molar-refractivity contribution in [2.24, 2.45) is 0 Å². The van der Waals surface area contributed by atoms with Gasteiger partial charge in [-0.15, -0.1) is 0 Å². The Morgan fingerprint density at radius 3 is 1.62 bits per heavy atom. The molecule has 0 heterocycles. The van der Waals surface area contributed by atoms with Crippen molar-refractivity contribution in [1.29, 1.82) is 0 Å². The maximum atomic E-state index is 11.0. The van der Waals surface area contributed by atoms with Crippen molar-refractivity contribution in [2.75, 3.05) is 5.75 Å². The average Bonchev–Trinajstić information content (AvgIpc) is 2.28. The molecule has 0 N–H and O–H groups in total. The molecule has 0 aliphatic rings. The molecule has 0 unspecified atom stereocenters. The van der Waals surface area contributed by atoms with Crippen LogP contribution in [-0.4, -0.2) is 23.7 Å². The Bertz CT molecular complexity index is 224. The van der Waals surface area contributed by atoms with E-state index in [-0.39, 0.29) is 18.6 Å². The minimum absolute atomic E-state index is 0.0981. The van der Waals surface area contributed by atoms with Crippen molar-refractivity contribution in [3.05, 3.63) is 0 Å². The van der Waals surface area contributed by atoms with Crippen molar-refractivity contribution in [3.63, 3.8) is 0 Å². The first kappa shape index (κ1) is 15.1. The van der Waals surface area contributed by atoms with Gasteiger partial charge in [-0.2, -0.15) is 12.6 Å². The van der Waals surface area contributed by atoms with Crippen LogP contribution < -0.4 is 0 Å². The van der Waals surface area contributed by atoms with Crippen molar-refractivity contribution in [1.82, 2.24) is 0 Å². The first-order chi connectivity index (χ1) is 7.53. The second-order valence-corrected chi connectivity index (χ2v) is 3.79. The van der Waals surface area contributed by atoms with Crippen LogP contribution in [0.1, 0.15) is 26.7 Å². The molecule has 0 aromatic rings. The molecule has 94 valence electrons. The van der Waals surface area contributed by atoms with Gasteiger partial charge >= 0.3 is 17.9 Å². The fourth-order valence-corrected chi connectivity index (χ4v) is 1.56. The van der Waals surface area contributed by atoms with Gasteiger partial charge in [0.15, 0.2) is 0 Å². The van der Waals surface area contributed by atoms with Gasteiger partial charge in [-0.25, -0.2) is 0 Å². The summed E-state index contributed by atoms with van der Waals surface area (Å²) in [4.78, 5) is 32.8. The zero-order valence-electron chi connectivity index (χ0n) is 8.97. The molecule has 0 bridgehead atoms. The van der Waals surface area contributed by atoms with E-state index in [1.807, 2.05) is 0 Å². The van der Waals surface area contributed by atoms with Crippen LogP contribution in [0.3, 0.4) is 0 Å². The highest BCUT2D eigenvalue weighted by Crippen LogP contribution is 2.31. The lowest BCUT2D eigenvalue weighted by Gasteiger charge is -2.19. The highest BCUT2D eigenvalue weighted by molar-refractivity contribution is 8.05. The summed E-state index contributed by atoms with van der Waals surface area (Å²) in [6, 6.07) is 0. The summed E-state index contributed by atoms with van der Waals surface area (Å²) in [6.07, 6.45) is 0.196. The summed E-state index contributed by atoms with van der Waals surface area (Å²) >= 11 is 1.38. The number of carbonyl (C=O) groups is 3. The van der Waals surface area contributed by atoms with E-state index < -0.39 is 29.6 Å². The maximum absolute atomic E-state index is 11.0. The van der Waals surface area contributed by atoms with E-state index in [1.165, 1.54) is 0 Å². The molecule has 0 saturated heterocycles. The molecule has 0 aliphatic heterocycles. The van der Waals surface area contributed by atoms with Crippen LogP contribution in [0.15, 0.2) is 0 Å². The minimum Gasteiger partial charge on any atom is -0.352 e. The number of carbonyl (C=O) groups excluding carboxylic acids is 3. The van der Waals surface area contributed by atoms with E-state index >= 15 is 0 Å². The SMILES string of the molecule is CCC(=O)O[SH](OC(=O)CC)OC(=O)CS. The van der Waals surface area contributed by atoms with E-state index in [4.69, 9.17) is 0 Å². The van der Waals surface area contributed by atoms with Crippen LogP contribution >= 0.6 is 24.4 Å². The zero-order chi connectivity index (χ0) is 12.6. The maximum Gasteiger partial charge on any atom is 0.331 e. The van der Waals surface area contributed by atoms with Crippen LogP contribution in [0.25, 0.3) is 0 Å². The lowest BCUT2D eigenvalue weighted by Crippen LogP contribution is -2.13. The van der Waals surface area contributed by atoms with E-state index in [1.54, 1.807) is 13.8 Å². The minimum atomic E-state index is -2.29. The standard InChI is InChI=1S/C8H14O6S2/c1-3-6(9)12-16(13-7(10)4-2)14-8(11)5-15/h15-16H,3-5H2,1-2H3. The third-order valence-electron chi connectivity index (χ3n) is 1.24. The summed E-state index contributed by atoms with van der Waals surface area (Å²) < 4.78 is 13.9. The molecule has 0 aromatic heterocycles. The second-order valence-electron chi connectivity index (χ2n) is 2.48.